The predicted octanol–water partition coefficient (Wildman–Crippen LogP) is -0.472. The average molecular weight is 171 g/mol. The molecule has 0 aliphatic carbocycles. The Hall–Kier alpha value is -0.610. The number of piperidine rings is 3. The Morgan fingerprint density at radius 1 is 1.42 bits per heavy atom. The Bertz CT molecular complexity index is 210. The van der Waals surface area contributed by atoms with Crippen molar-refractivity contribution in [3.63, 3.8) is 0 Å². The van der Waals surface area contributed by atoms with Gasteiger partial charge in [0, 0.05) is 12.5 Å². The van der Waals surface area contributed by atoms with Gasteiger partial charge in [0.2, 0.25) is 0 Å². The van der Waals surface area contributed by atoms with Crippen molar-refractivity contribution in [2.24, 2.45) is 5.92 Å². The molecule has 0 spiro atoms. The SMILES string of the molecule is O=C(O)[C@]1(O)CN2CCC1CC2. The van der Waals surface area contributed by atoms with Crippen molar-refractivity contribution in [3.05, 3.63) is 0 Å². The summed E-state index contributed by atoms with van der Waals surface area (Å²) in [4.78, 5) is 12.8. The van der Waals surface area contributed by atoms with Crippen LogP contribution in [0, 0.1) is 5.92 Å². The van der Waals surface area contributed by atoms with Crippen LogP contribution in [0.3, 0.4) is 0 Å². The highest BCUT2D eigenvalue weighted by Gasteiger charge is 2.50. The second-order valence-electron chi connectivity index (χ2n) is 3.78. The molecular weight excluding hydrogens is 158 g/mol. The zero-order valence-electron chi connectivity index (χ0n) is 6.86. The lowest BCUT2D eigenvalue weighted by molar-refractivity contribution is -0.180. The molecule has 3 heterocycles. The summed E-state index contributed by atoms with van der Waals surface area (Å²) >= 11 is 0. The predicted molar refractivity (Wildman–Crippen MR) is 41.7 cm³/mol. The monoisotopic (exact) mass is 171 g/mol. The van der Waals surface area contributed by atoms with E-state index >= 15 is 0 Å². The van der Waals surface area contributed by atoms with Crippen LogP contribution >= 0.6 is 0 Å². The van der Waals surface area contributed by atoms with Gasteiger partial charge in [0.25, 0.3) is 0 Å². The van der Waals surface area contributed by atoms with Gasteiger partial charge >= 0.3 is 5.97 Å². The summed E-state index contributed by atoms with van der Waals surface area (Å²) in [6, 6.07) is 0. The van der Waals surface area contributed by atoms with Gasteiger partial charge in [-0.05, 0) is 25.9 Å². The molecule has 12 heavy (non-hydrogen) atoms. The molecule has 0 radical (unpaired) electrons. The number of carboxylic acid groups (broad SMARTS) is 1. The Morgan fingerprint density at radius 3 is 2.25 bits per heavy atom. The zero-order chi connectivity index (χ0) is 8.77. The van der Waals surface area contributed by atoms with Crippen LogP contribution in [0.5, 0.6) is 0 Å². The Kier molecular flexibility index (Phi) is 1.63. The molecule has 3 saturated heterocycles. The molecule has 2 N–H and O–H groups in total. The van der Waals surface area contributed by atoms with Crippen LogP contribution in [0.1, 0.15) is 12.8 Å². The number of aliphatic carboxylic acids is 1. The fraction of sp³-hybridized carbons (Fsp3) is 0.875. The molecular formula is C8H13NO3. The number of carbonyl (C=O) groups is 1. The van der Waals surface area contributed by atoms with Gasteiger partial charge in [-0.2, -0.15) is 0 Å². The van der Waals surface area contributed by atoms with E-state index in [-0.39, 0.29) is 5.92 Å². The molecule has 1 atom stereocenters. The summed E-state index contributed by atoms with van der Waals surface area (Å²) in [6.45, 7) is 2.20. The lowest BCUT2D eigenvalue weighted by atomic mass is 9.75. The van der Waals surface area contributed by atoms with E-state index in [1.165, 1.54) is 0 Å². The summed E-state index contributed by atoms with van der Waals surface area (Å²) < 4.78 is 0. The van der Waals surface area contributed by atoms with Crippen molar-refractivity contribution < 1.29 is 15.0 Å². The largest absolute Gasteiger partial charge is 0.479 e. The van der Waals surface area contributed by atoms with Crippen LogP contribution in [-0.2, 0) is 4.79 Å². The van der Waals surface area contributed by atoms with E-state index in [0.717, 1.165) is 25.9 Å². The maximum absolute atomic E-state index is 10.8. The molecule has 0 aromatic carbocycles. The normalized spacial score (nSPS) is 46.1. The van der Waals surface area contributed by atoms with Crippen molar-refractivity contribution in [1.29, 1.82) is 0 Å². The van der Waals surface area contributed by atoms with Gasteiger partial charge in [0.1, 0.15) is 0 Å². The van der Waals surface area contributed by atoms with Gasteiger partial charge in [-0.15, -0.1) is 0 Å². The fourth-order valence-electron chi connectivity index (χ4n) is 2.28. The number of aliphatic hydroxyl groups is 1. The molecule has 68 valence electrons. The number of rotatable bonds is 1. The topological polar surface area (TPSA) is 60.8 Å². The molecule has 0 aromatic rings. The second kappa shape index (κ2) is 2.44. The minimum Gasteiger partial charge on any atom is -0.479 e. The van der Waals surface area contributed by atoms with E-state index in [2.05, 4.69) is 0 Å². The van der Waals surface area contributed by atoms with Crippen molar-refractivity contribution in [1.82, 2.24) is 4.90 Å². The van der Waals surface area contributed by atoms with Crippen LogP contribution in [0.2, 0.25) is 0 Å². The lowest BCUT2D eigenvalue weighted by Crippen LogP contribution is -2.62. The number of hydrogen-bond donors (Lipinski definition) is 2. The van der Waals surface area contributed by atoms with Crippen LogP contribution in [-0.4, -0.2) is 46.3 Å². The minimum absolute atomic E-state index is 0.0278. The molecule has 0 saturated carbocycles. The van der Waals surface area contributed by atoms with E-state index in [4.69, 9.17) is 5.11 Å². The smallest absolute Gasteiger partial charge is 0.337 e. The number of nitrogens with zero attached hydrogens (tertiary/aromatic N) is 1. The number of carboxylic acids is 1. The Balaban J connectivity index is 2.22. The lowest BCUT2D eigenvalue weighted by Gasteiger charge is -2.47. The van der Waals surface area contributed by atoms with E-state index in [1.54, 1.807) is 0 Å². The van der Waals surface area contributed by atoms with E-state index in [0.29, 0.717) is 6.54 Å². The summed E-state index contributed by atoms with van der Waals surface area (Å²) in [6.07, 6.45) is 1.64. The van der Waals surface area contributed by atoms with Gasteiger partial charge in [0.15, 0.2) is 5.60 Å². The molecule has 4 nitrogen and oxygen atoms in total. The molecule has 3 rings (SSSR count). The molecule has 0 aromatic heterocycles. The van der Waals surface area contributed by atoms with E-state index in [9.17, 15) is 9.90 Å². The molecule has 4 heteroatoms. The molecule has 0 unspecified atom stereocenters. The van der Waals surface area contributed by atoms with Gasteiger partial charge in [0.05, 0.1) is 0 Å². The first-order chi connectivity index (χ1) is 5.63. The summed E-state index contributed by atoms with van der Waals surface area (Å²) in [5, 5.41) is 18.6. The van der Waals surface area contributed by atoms with Crippen molar-refractivity contribution >= 4 is 5.97 Å². The third-order valence-corrected chi connectivity index (χ3v) is 3.10. The Morgan fingerprint density at radius 2 is 2.00 bits per heavy atom. The van der Waals surface area contributed by atoms with E-state index in [1.807, 2.05) is 4.90 Å². The minimum atomic E-state index is -1.46. The maximum atomic E-state index is 10.8. The summed E-state index contributed by atoms with van der Waals surface area (Å²) in [7, 11) is 0. The molecule has 0 amide bonds. The van der Waals surface area contributed by atoms with Gasteiger partial charge in [-0.25, -0.2) is 4.79 Å². The van der Waals surface area contributed by atoms with Crippen molar-refractivity contribution in [2.75, 3.05) is 19.6 Å². The van der Waals surface area contributed by atoms with Crippen LogP contribution in [0.4, 0.5) is 0 Å². The maximum Gasteiger partial charge on any atom is 0.337 e. The highest BCUT2D eigenvalue weighted by molar-refractivity contribution is 5.78. The van der Waals surface area contributed by atoms with Gasteiger partial charge in [-0.3, -0.25) is 4.90 Å². The third kappa shape index (κ3) is 0.949. The molecule has 3 aliphatic heterocycles. The summed E-state index contributed by atoms with van der Waals surface area (Å²) in [5.41, 5.74) is -1.46. The standard InChI is InChI=1S/C8H13NO3/c10-7(11)8(12)5-9-3-1-6(8)2-4-9/h6,12H,1-5H2,(H,10,11)/t8-/m0/s1. The first kappa shape index (κ1) is 8.01. The number of hydrogen-bond acceptors (Lipinski definition) is 3. The highest BCUT2D eigenvalue weighted by Crippen LogP contribution is 2.35. The zero-order valence-corrected chi connectivity index (χ0v) is 6.86. The van der Waals surface area contributed by atoms with Crippen molar-refractivity contribution in [2.45, 2.75) is 18.4 Å². The van der Waals surface area contributed by atoms with Crippen molar-refractivity contribution in [3.8, 4) is 0 Å². The van der Waals surface area contributed by atoms with Crippen LogP contribution in [0.25, 0.3) is 0 Å². The number of fused-ring (bicyclic) bond motifs is 3. The van der Waals surface area contributed by atoms with E-state index < -0.39 is 11.6 Å². The molecule has 3 fully saturated rings. The summed E-state index contributed by atoms with van der Waals surface area (Å²) in [5.74, 6) is -1.09. The quantitative estimate of drug-likeness (QED) is 0.560. The molecule has 2 bridgehead atoms. The average Bonchev–Trinajstić information content (AvgIpc) is 2.05. The van der Waals surface area contributed by atoms with Gasteiger partial charge < -0.3 is 10.2 Å². The van der Waals surface area contributed by atoms with Crippen LogP contribution in [0.15, 0.2) is 0 Å². The highest BCUT2D eigenvalue weighted by atomic mass is 16.4. The Labute approximate surface area is 70.8 Å². The van der Waals surface area contributed by atoms with Crippen LogP contribution < -0.4 is 0 Å². The fourth-order valence-corrected chi connectivity index (χ4v) is 2.28. The molecule has 3 aliphatic rings. The second-order valence-corrected chi connectivity index (χ2v) is 3.78. The third-order valence-electron chi connectivity index (χ3n) is 3.10. The first-order valence-electron chi connectivity index (χ1n) is 4.31. The van der Waals surface area contributed by atoms with Gasteiger partial charge in [-0.1, -0.05) is 0 Å². The first-order valence-corrected chi connectivity index (χ1v) is 4.31.